The van der Waals surface area contributed by atoms with Crippen molar-refractivity contribution in [2.24, 2.45) is 5.92 Å². The van der Waals surface area contributed by atoms with Gasteiger partial charge in [-0.25, -0.2) is 0 Å². The summed E-state index contributed by atoms with van der Waals surface area (Å²) in [5.41, 5.74) is 1.47. The van der Waals surface area contributed by atoms with Gasteiger partial charge in [0.2, 0.25) is 0 Å². The number of aliphatic hydroxyl groups is 1. The van der Waals surface area contributed by atoms with E-state index in [9.17, 15) is 5.11 Å². The van der Waals surface area contributed by atoms with Crippen LogP contribution in [0.4, 0.5) is 0 Å². The largest absolute Gasteiger partial charge is 0.490 e. The molecule has 1 unspecified atom stereocenters. The lowest BCUT2D eigenvalue weighted by molar-refractivity contribution is -0.0268. The highest BCUT2D eigenvalue weighted by atomic mass is 16.5. The molecule has 0 saturated carbocycles. The second-order valence-corrected chi connectivity index (χ2v) is 6.08. The molecule has 120 valence electrons. The Morgan fingerprint density at radius 2 is 2.05 bits per heavy atom. The highest BCUT2D eigenvalue weighted by molar-refractivity contribution is 5.37. The summed E-state index contributed by atoms with van der Waals surface area (Å²) in [6, 6.07) is 6.11. The summed E-state index contributed by atoms with van der Waals surface area (Å²) in [6.07, 6.45) is 0. The lowest BCUT2D eigenvalue weighted by Crippen LogP contribution is -2.38. The van der Waals surface area contributed by atoms with E-state index in [2.05, 4.69) is 18.3 Å². The highest BCUT2D eigenvalue weighted by Gasteiger charge is 2.26. The summed E-state index contributed by atoms with van der Waals surface area (Å²) < 4.78 is 10.9. The van der Waals surface area contributed by atoms with Gasteiger partial charge in [-0.1, -0.05) is 31.5 Å². The standard InChI is InChI=1S/C17H29NO3/c1-13(2)17(4,19)12-21-16-7-6-14(3)10-15(16)11-18-8-9-20-5/h6-7,10,13,18-19H,8-9,11-12H2,1-5H3. The molecule has 0 radical (unpaired) electrons. The van der Waals surface area contributed by atoms with Crippen molar-refractivity contribution < 1.29 is 14.6 Å². The SMILES string of the molecule is COCCNCc1cc(C)ccc1OCC(C)(O)C(C)C. The van der Waals surface area contributed by atoms with Crippen LogP contribution in [0.3, 0.4) is 0 Å². The number of hydrogen-bond donors (Lipinski definition) is 2. The molecule has 0 aliphatic heterocycles. The fourth-order valence-electron chi connectivity index (χ4n) is 1.78. The Labute approximate surface area is 128 Å². The smallest absolute Gasteiger partial charge is 0.123 e. The monoisotopic (exact) mass is 295 g/mol. The van der Waals surface area contributed by atoms with Crippen molar-refractivity contribution in [3.05, 3.63) is 29.3 Å². The molecule has 21 heavy (non-hydrogen) atoms. The zero-order valence-electron chi connectivity index (χ0n) is 13.9. The van der Waals surface area contributed by atoms with Crippen LogP contribution in [-0.4, -0.2) is 37.6 Å². The summed E-state index contributed by atoms with van der Waals surface area (Å²) in [6.45, 7) is 10.4. The van der Waals surface area contributed by atoms with Gasteiger partial charge in [0, 0.05) is 25.8 Å². The zero-order chi connectivity index (χ0) is 15.9. The van der Waals surface area contributed by atoms with Gasteiger partial charge in [-0.15, -0.1) is 0 Å². The van der Waals surface area contributed by atoms with Crippen molar-refractivity contribution in [2.45, 2.75) is 39.8 Å². The van der Waals surface area contributed by atoms with Crippen molar-refractivity contribution in [3.8, 4) is 5.75 Å². The molecule has 1 rings (SSSR count). The van der Waals surface area contributed by atoms with Crippen molar-refractivity contribution in [3.63, 3.8) is 0 Å². The van der Waals surface area contributed by atoms with Crippen molar-refractivity contribution in [1.82, 2.24) is 5.32 Å². The third kappa shape index (κ3) is 6.04. The molecule has 0 aliphatic carbocycles. The quantitative estimate of drug-likeness (QED) is 0.687. The van der Waals surface area contributed by atoms with Crippen LogP contribution in [0.1, 0.15) is 31.9 Å². The Kier molecular flexibility index (Phi) is 7.15. The molecule has 0 spiro atoms. The number of benzene rings is 1. The van der Waals surface area contributed by atoms with Crippen LogP contribution in [-0.2, 0) is 11.3 Å². The number of methoxy groups -OCH3 is 1. The second kappa shape index (κ2) is 8.37. The molecule has 0 heterocycles. The first-order valence-electron chi connectivity index (χ1n) is 7.51. The molecule has 0 aromatic heterocycles. The number of rotatable bonds is 9. The fourth-order valence-corrected chi connectivity index (χ4v) is 1.78. The van der Waals surface area contributed by atoms with E-state index in [1.54, 1.807) is 7.11 Å². The van der Waals surface area contributed by atoms with Gasteiger partial charge in [0.15, 0.2) is 0 Å². The first-order valence-corrected chi connectivity index (χ1v) is 7.51. The number of ether oxygens (including phenoxy) is 2. The summed E-state index contributed by atoms with van der Waals surface area (Å²) in [5.74, 6) is 0.970. The van der Waals surface area contributed by atoms with E-state index < -0.39 is 5.60 Å². The van der Waals surface area contributed by atoms with Crippen LogP contribution >= 0.6 is 0 Å². The van der Waals surface area contributed by atoms with Crippen molar-refractivity contribution >= 4 is 0 Å². The summed E-state index contributed by atoms with van der Waals surface area (Å²) >= 11 is 0. The summed E-state index contributed by atoms with van der Waals surface area (Å²) in [7, 11) is 1.69. The highest BCUT2D eigenvalue weighted by Crippen LogP contribution is 2.23. The van der Waals surface area contributed by atoms with Gasteiger partial charge in [0.1, 0.15) is 12.4 Å². The molecule has 4 heteroatoms. The fraction of sp³-hybridized carbons (Fsp3) is 0.647. The Balaban J connectivity index is 2.68. The molecule has 0 aliphatic rings. The Hall–Kier alpha value is -1.10. The van der Waals surface area contributed by atoms with Crippen LogP contribution in [0.25, 0.3) is 0 Å². The first-order chi connectivity index (χ1) is 9.86. The Morgan fingerprint density at radius 1 is 1.33 bits per heavy atom. The van der Waals surface area contributed by atoms with E-state index in [1.807, 2.05) is 32.9 Å². The third-order valence-electron chi connectivity index (χ3n) is 3.78. The van der Waals surface area contributed by atoms with Crippen molar-refractivity contribution in [2.75, 3.05) is 26.9 Å². The van der Waals surface area contributed by atoms with E-state index in [1.165, 1.54) is 5.56 Å². The average Bonchev–Trinajstić information content (AvgIpc) is 2.42. The molecule has 0 fully saturated rings. The average molecular weight is 295 g/mol. The van der Waals surface area contributed by atoms with E-state index in [-0.39, 0.29) is 5.92 Å². The molecule has 1 aromatic rings. The predicted molar refractivity (Wildman–Crippen MR) is 85.7 cm³/mol. The lowest BCUT2D eigenvalue weighted by atomic mass is 9.94. The molecule has 1 atom stereocenters. The van der Waals surface area contributed by atoms with Gasteiger partial charge in [-0.3, -0.25) is 0 Å². The normalized spacial score (nSPS) is 14.2. The van der Waals surface area contributed by atoms with Crippen LogP contribution in [0.2, 0.25) is 0 Å². The minimum Gasteiger partial charge on any atom is -0.490 e. The molecule has 2 N–H and O–H groups in total. The van der Waals surface area contributed by atoms with Crippen LogP contribution in [0.15, 0.2) is 18.2 Å². The Morgan fingerprint density at radius 3 is 2.67 bits per heavy atom. The lowest BCUT2D eigenvalue weighted by Gasteiger charge is -2.28. The van der Waals surface area contributed by atoms with Crippen LogP contribution < -0.4 is 10.1 Å². The summed E-state index contributed by atoms with van der Waals surface area (Å²) in [4.78, 5) is 0. The van der Waals surface area contributed by atoms with Gasteiger partial charge in [0.25, 0.3) is 0 Å². The maximum Gasteiger partial charge on any atom is 0.123 e. The molecule has 0 amide bonds. The minimum atomic E-state index is -0.828. The number of nitrogens with one attached hydrogen (secondary N) is 1. The second-order valence-electron chi connectivity index (χ2n) is 6.08. The molecular weight excluding hydrogens is 266 g/mol. The van der Waals surface area contributed by atoms with Crippen LogP contribution in [0.5, 0.6) is 5.75 Å². The van der Waals surface area contributed by atoms with Crippen molar-refractivity contribution in [1.29, 1.82) is 0 Å². The third-order valence-corrected chi connectivity index (χ3v) is 3.78. The predicted octanol–water partition coefficient (Wildman–Crippen LogP) is 2.52. The van der Waals surface area contributed by atoms with E-state index in [4.69, 9.17) is 9.47 Å². The van der Waals surface area contributed by atoms with Gasteiger partial charge in [-0.05, 0) is 25.8 Å². The van der Waals surface area contributed by atoms with Gasteiger partial charge >= 0.3 is 0 Å². The zero-order valence-corrected chi connectivity index (χ0v) is 13.9. The van der Waals surface area contributed by atoms with E-state index in [0.717, 1.165) is 24.4 Å². The maximum absolute atomic E-state index is 10.3. The van der Waals surface area contributed by atoms with E-state index >= 15 is 0 Å². The number of aryl methyl sites for hydroxylation is 1. The van der Waals surface area contributed by atoms with Crippen LogP contribution in [0, 0.1) is 12.8 Å². The van der Waals surface area contributed by atoms with Gasteiger partial charge < -0.3 is 19.9 Å². The Bertz CT molecular complexity index is 430. The topological polar surface area (TPSA) is 50.7 Å². The first kappa shape index (κ1) is 18.0. The summed E-state index contributed by atoms with van der Waals surface area (Å²) in [5, 5.41) is 13.6. The minimum absolute atomic E-state index is 0.145. The number of hydrogen-bond acceptors (Lipinski definition) is 4. The molecule has 4 nitrogen and oxygen atoms in total. The molecule has 1 aromatic carbocycles. The van der Waals surface area contributed by atoms with Gasteiger partial charge in [-0.2, -0.15) is 0 Å². The maximum atomic E-state index is 10.3. The molecule has 0 saturated heterocycles. The molecule has 0 bridgehead atoms. The molecular formula is C17H29NO3. The van der Waals surface area contributed by atoms with E-state index in [0.29, 0.717) is 13.2 Å². The van der Waals surface area contributed by atoms with Gasteiger partial charge in [0.05, 0.1) is 12.2 Å².